The molecule has 10 heteroatoms. The first kappa shape index (κ1) is 27.0. The number of hydrogen-bond donors (Lipinski definition) is 2. The molecule has 1 aromatic heterocycles. The molecule has 0 bridgehead atoms. The Morgan fingerprint density at radius 2 is 1.45 bits per heavy atom. The lowest BCUT2D eigenvalue weighted by Crippen LogP contribution is -2.24. The number of fused-ring (bicyclic) bond motifs is 2. The van der Waals surface area contributed by atoms with Gasteiger partial charge >= 0.3 is 0 Å². The minimum Gasteiger partial charge on any atom is -0.495 e. The molecule has 0 saturated carbocycles. The quantitative estimate of drug-likeness (QED) is 0.221. The summed E-state index contributed by atoms with van der Waals surface area (Å²) in [7, 11) is 1.62. The van der Waals surface area contributed by atoms with E-state index in [9.17, 15) is 14.4 Å². The van der Waals surface area contributed by atoms with Crippen molar-refractivity contribution in [3.63, 3.8) is 0 Å². The molecule has 4 aromatic carbocycles. The Labute approximate surface area is 245 Å². The van der Waals surface area contributed by atoms with E-state index in [4.69, 9.17) is 4.74 Å². The summed E-state index contributed by atoms with van der Waals surface area (Å²) in [5.74, 6) is 0.489. The van der Waals surface area contributed by atoms with Crippen LogP contribution in [-0.2, 0) is 11.3 Å². The molecule has 0 aliphatic heterocycles. The van der Waals surface area contributed by atoms with E-state index in [1.54, 1.807) is 49.6 Å². The highest BCUT2D eigenvalue weighted by atomic mass is 32.2. The average molecular weight is 576 g/mol. The van der Waals surface area contributed by atoms with Crippen molar-refractivity contribution >= 4 is 40.6 Å². The number of thioether (sulfide) groups is 1. The number of methoxy groups -OCH3 is 1. The Kier molecular flexibility index (Phi) is 7.52. The summed E-state index contributed by atoms with van der Waals surface area (Å²) < 4.78 is 7.33. The second-order valence-corrected chi connectivity index (χ2v) is 10.3. The van der Waals surface area contributed by atoms with E-state index in [1.165, 1.54) is 11.8 Å². The van der Waals surface area contributed by atoms with Gasteiger partial charge in [-0.2, -0.15) is 0 Å². The van der Waals surface area contributed by atoms with Crippen LogP contribution in [0.4, 0.5) is 11.4 Å². The predicted molar refractivity (Wildman–Crippen MR) is 161 cm³/mol. The van der Waals surface area contributed by atoms with Crippen LogP contribution in [0.5, 0.6) is 5.75 Å². The van der Waals surface area contributed by atoms with E-state index in [1.807, 2.05) is 59.2 Å². The van der Waals surface area contributed by atoms with Gasteiger partial charge in [0.05, 0.1) is 36.3 Å². The predicted octanol–water partition coefficient (Wildman–Crippen LogP) is 5.39. The van der Waals surface area contributed by atoms with Crippen molar-refractivity contribution in [1.29, 1.82) is 0 Å². The molecule has 0 radical (unpaired) electrons. The number of carbonyl (C=O) groups excluding carboxylic acids is 3. The molecule has 0 saturated heterocycles. The molecular weight excluding hydrogens is 550 g/mol. The molecule has 1 aliphatic rings. The van der Waals surface area contributed by atoms with Crippen molar-refractivity contribution in [2.75, 3.05) is 23.5 Å². The van der Waals surface area contributed by atoms with Gasteiger partial charge in [-0.15, -0.1) is 10.2 Å². The molecule has 6 rings (SSSR count). The third-order valence-electron chi connectivity index (χ3n) is 6.82. The molecule has 208 valence electrons. The molecule has 0 spiro atoms. The number of amides is 1. The number of nitrogens with one attached hydrogen (secondary N) is 2. The fourth-order valence-electron chi connectivity index (χ4n) is 4.88. The van der Waals surface area contributed by atoms with Crippen LogP contribution in [0.15, 0.2) is 102 Å². The maximum absolute atomic E-state index is 13.3. The Morgan fingerprint density at radius 3 is 2.24 bits per heavy atom. The third-order valence-corrected chi connectivity index (χ3v) is 7.75. The second kappa shape index (κ2) is 11.7. The van der Waals surface area contributed by atoms with Crippen LogP contribution in [-0.4, -0.2) is 45.1 Å². The van der Waals surface area contributed by atoms with Crippen LogP contribution in [0.3, 0.4) is 0 Å². The minimum absolute atomic E-state index is 0.00724. The minimum atomic E-state index is -0.344. The van der Waals surface area contributed by atoms with E-state index in [0.717, 1.165) is 11.4 Å². The first-order valence-electron chi connectivity index (χ1n) is 13.2. The second-order valence-electron chi connectivity index (χ2n) is 9.39. The van der Waals surface area contributed by atoms with Crippen molar-refractivity contribution in [1.82, 2.24) is 14.8 Å². The summed E-state index contributed by atoms with van der Waals surface area (Å²) in [6.45, 7) is 0.364. The van der Waals surface area contributed by atoms with Crippen LogP contribution >= 0.6 is 11.8 Å². The van der Waals surface area contributed by atoms with Gasteiger partial charge in [-0.1, -0.05) is 78.5 Å². The molecular formula is C32H25N5O4S. The highest BCUT2D eigenvalue weighted by Crippen LogP contribution is 2.32. The number of ketones is 2. The van der Waals surface area contributed by atoms with Crippen LogP contribution in [0.2, 0.25) is 0 Å². The topological polar surface area (TPSA) is 115 Å². The van der Waals surface area contributed by atoms with Crippen LogP contribution in [0.1, 0.15) is 37.7 Å². The number of rotatable bonds is 9. The molecule has 1 heterocycles. The van der Waals surface area contributed by atoms with Crippen LogP contribution < -0.4 is 15.4 Å². The largest absolute Gasteiger partial charge is 0.495 e. The Hall–Kier alpha value is -5.22. The summed E-state index contributed by atoms with van der Waals surface area (Å²) in [6.07, 6.45) is 0. The van der Waals surface area contributed by atoms with E-state index < -0.39 is 0 Å². The molecule has 0 fully saturated rings. The maximum Gasteiger partial charge on any atom is 0.234 e. The summed E-state index contributed by atoms with van der Waals surface area (Å²) in [5.41, 5.74) is 3.15. The van der Waals surface area contributed by atoms with Gasteiger partial charge in [0.25, 0.3) is 0 Å². The van der Waals surface area contributed by atoms with Gasteiger partial charge in [-0.3, -0.25) is 19.0 Å². The molecule has 5 aromatic rings. The number of benzene rings is 4. The molecule has 0 atom stereocenters. The third kappa shape index (κ3) is 5.15. The summed E-state index contributed by atoms with van der Waals surface area (Å²) in [6, 6.07) is 28.9. The lowest BCUT2D eigenvalue weighted by atomic mass is 9.83. The highest BCUT2D eigenvalue weighted by molar-refractivity contribution is 7.99. The van der Waals surface area contributed by atoms with E-state index >= 15 is 0 Å². The molecule has 2 N–H and O–H groups in total. The van der Waals surface area contributed by atoms with Gasteiger partial charge in [0.15, 0.2) is 22.5 Å². The number of para-hydroxylation sites is 3. The molecule has 1 aliphatic carbocycles. The summed E-state index contributed by atoms with van der Waals surface area (Å²) in [5, 5.41) is 15.5. The number of ether oxygens (including phenoxy) is 1. The monoisotopic (exact) mass is 575 g/mol. The first-order valence-corrected chi connectivity index (χ1v) is 14.1. The standard InChI is InChI=1S/C32H25N5O4S/c1-41-26-17-8-7-15-24(26)33-18-27-35-36-32(37(27)20-10-3-2-4-11-20)42-19-28(38)34-25-16-9-14-23-29(25)31(40)22-13-6-5-12-21(22)30(23)39/h2-17,33H,18-19H2,1H3,(H,34,38). The van der Waals surface area contributed by atoms with Gasteiger partial charge in [-0.25, -0.2) is 0 Å². The van der Waals surface area contributed by atoms with Crippen molar-refractivity contribution < 1.29 is 19.1 Å². The zero-order valence-electron chi connectivity index (χ0n) is 22.5. The molecule has 1 amide bonds. The van der Waals surface area contributed by atoms with Crippen molar-refractivity contribution in [2.24, 2.45) is 0 Å². The summed E-state index contributed by atoms with van der Waals surface area (Å²) in [4.78, 5) is 39.5. The maximum atomic E-state index is 13.3. The van der Waals surface area contributed by atoms with Gasteiger partial charge in [0.1, 0.15) is 5.75 Å². The Morgan fingerprint density at radius 1 is 0.786 bits per heavy atom. The summed E-state index contributed by atoms with van der Waals surface area (Å²) >= 11 is 1.22. The van der Waals surface area contributed by atoms with Crippen molar-refractivity contribution in [3.8, 4) is 11.4 Å². The van der Waals surface area contributed by atoms with E-state index in [-0.39, 0.29) is 34.4 Å². The first-order chi connectivity index (χ1) is 20.5. The number of hydrogen-bond acceptors (Lipinski definition) is 8. The molecule has 0 unspecified atom stereocenters. The van der Waals surface area contributed by atoms with E-state index in [2.05, 4.69) is 20.8 Å². The Balaban J connectivity index is 1.21. The number of carbonyl (C=O) groups is 3. The zero-order valence-corrected chi connectivity index (χ0v) is 23.4. The number of anilines is 2. The fourth-order valence-corrected chi connectivity index (χ4v) is 5.65. The Bertz CT molecular complexity index is 1820. The van der Waals surface area contributed by atoms with Crippen molar-refractivity contribution in [3.05, 3.63) is 125 Å². The van der Waals surface area contributed by atoms with E-state index in [0.29, 0.717) is 40.1 Å². The van der Waals surface area contributed by atoms with Crippen molar-refractivity contribution in [2.45, 2.75) is 11.7 Å². The molecule has 42 heavy (non-hydrogen) atoms. The number of nitrogens with zero attached hydrogens (tertiary/aromatic N) is 3. The fraction of sp³-hybridized carbons (Fsp3) is 0.0938. The lowest BCUT2D eigenvalue weighted by molar-refractivity contribution is -0.113. The van der Waals surface area contributed by atoms with Gasteiger partial charge < -0.3 is 15.4 Å². The zero-order chi connectivity index (χ0) is 29.1. The average Bonchev–Trinajstić information content (AvgIpc) is 3.44. The van der Waals surface area contributed by atoms with Gasteiger partial charge in [-0.05, 0) is 30.3 Å². The van der Waals surface area contributed by atoms with Crippen LogP contribution in [0, 0.1) is 0 Å². The smallest absolute Gasteiger partial charge is 0.234 e. The highest BCUT2D eigenvalue weighted by Gasteiger charge is 2.31. The SMILES string of the molecule is COc1ccccc1NCc1nnc(SCC(=O)Nc2cccc3c2C(=O)c2ccccc2C3=O)n1-c1ccccc1. The molecule has 9 nitrogen and oxygen atoms in total. The van der Waals surface area contributed by atoms with Crippen LogP contribution in [0.25, 0.3) is 5.69 Å². The van der Waals surface area contributed by atoms with Gasteiger partial charge in [0.2, 0.25) is 5.91 Å². The number of aromatic nitrogens is 3. The van der Waals surface area contributed by atoms with Gasteiger partial charge in [0, 0.05) is 22.4 Å². The lowest BCUT2D eigenvalue weighted by Gasteiger charge is -2.20. The normalized spacial score (nSPS) is 11.9.